The number of nitrogens with one attached hydrogen (secondary N) is 1. The van der Waals surface area contributed by atoms with E-state index in [-0.39, 0.29) is 5.82 Å². The fourth-order valence-electron chi connectivity index (χ4n) is 3.37. The Balaban J connectivity index is 1.62. The Bertz CT molecular complexity index is 1160. The van der Waals surface area contributed by atoms with Gasteiger partial charge in [-0.05, 0) is 37.3 Å². The molecule has 5 heteroatoms. The SMILES string of the molecule is Cc1ccc(OCCn2c(=N)n(Cc3ccccc3F)c3ccccc32)cc1. The van der Waals surface area contributed by atoms with Gasteiger partial charge in [0.25, 0.3) is 0 Å². The number of benzene rings is 3. The first-order valence-corrected chi connectivity index (χ1v) is 9.29. The van der Waals surface area contributed by atoms with E-state index < -0.39 is 0 Å². The average Bonchev–Trinajstić information content (AvgIpc) is 2.97. The van der Waals surface area contributed by atoms with E-state index in [0.717, 1.165) is 16.8 Å². The normalized spacial score (nSPS) is 11.1. The molecule has 0 spiro atoms. The summed E-state index contributed by atoms with van der Waals surface area (Å²) in [5.74, 6) is 0.557. The second kappa shape index (κ2) is 7.72. The maximum Gasteiger partial charge on any atom is 0.203 e. The molecule has 0 aliphatic carbocycles. The molecule has 0 saturated heterocycles. The van der Waals surface area contributed by atoms with Gasteiger partial charge in [0.05, 0.1) is 24.1 Å². The molecule has 1 aromatic heterocycles. The number of aromatic nitrogens is 2. The van der Waals surface area contributed by atoms with E-state index in [2.05, 4.69) is 0 Å². The number of imidazole rings is 1. The van der Waals surface area contributed by atoms with Gasteiger partial charge in [-0.1, -0.05) is 48.0 Å². The molecule has 0 atom stereocenters. The molecule has 0 aliphatic rings. The predicted molar refractivity (Wildman–Crippen MR) is 108 cm³/mol. The molecule has 4 nitrogen and oxygen atoms in total. The van der Waals surface area contributed by atoms with Crippen LogP contribution in [0.25, 0.3) is 11.0 Å². The lowest BCUT2D eigenvalue weighted by atomic mass is 10.2. The fourth-order valence-corrected chi connectivity index (χ4v) is 3.37. The first kappa shape index (κ1) is 18.0. The third-order valence-corrected chi connectivity index (χ3v) is 4.87. The summed E-state index contributed by atoms with van der Waals surface area (Å²) < 4.78 is 23.7. The molecule has 1 N–H and O–H groups in total. The Labute approximate surface area is 163 Å². The van der Waals surface area contributed by atoms with Gasteiger partial charge in [-0.2, -0.15) is 0 Å². The highest BCUT2D eigenvalue weighted by Gasteiger charge is 2.12. The summed E-state index contributed by atoms with van der Waals surface area (Å²) >= 11 is 0. The second-order valence-corrected chi connectivity index (χ2v) is 6.80. The molecule has 3 aromatic carbocycles. The minimum Gasteiger partial charge on any atom is -0.492 e. The highest BCUT2D eigenvalue weighted by molar-refractivity contribution is 5.76. The van der Waals surface area contributed by atoms with E-state index >= 15 is 0 Å². The van der Waals surface area contributed by atoms with Gasteiger partial charge in [0, 0.05) is 5.56 Å². The van der Waals surface area contributed by atoms with Crippen LogP contribution in [0.5, 0.6) is 5.75 Å². The first-order valence-electron chi connectivity index (χ1n) is 9.29. The molecule has 0 amide bonds. The number of para-hydroxylation sites is 2. The van der Waals surface area contributed by atoms with Crippen molar-refractivity contribution in [2.24, 2.45) is 0 Å². The smallest absolute Gasteiger partial charge is 0.203 e. The Hall–Kier alpha value is -3.34. The van der Waals surface area contributed by atoms with Crippen molar-refractivity contribution in [2.75, 3.05) is 6.61 Å². The zero-order valence-electron chi connectivity index (χ0n) is 15.7. The number of hydrogen-bond acceptors (Lipinski definition) is 2. The highest BCUT2D eigenvalue weighted by Crippen LogP contribution is 2.16. The highest BCUT2D eigenvalue weighted by atomic mass is 19.1. The van der Waals surface area contributed by atoms with Gasteiger partial charge in [0.15, 0.2) is 0 Å². The zero-order chi connectivity index (χ0) is 19.5. The third-order valence-electron chi connectivity index (χ3n) is 4.87. The van der Waals surface area contributed by atoms with E-state index in [1.165, 1.54) is 11.6 Å². The van der Waals surface area contributed by atoms with Gasteiger partial charge in [-0.25, -0.2) is 4.39 Å². The van der Waals surface area contributed by atoms with Crippen LogP contribution in [0.2, 0.25) is 0 Å². The lowest BCUT2D eigenvalue weighted by molar-refractivity contribution is 0.296. The molecule has 28 heavy (non-hydrogen) atoms. The van der Waals surface area contributed by atoms with Gasteiger partial charge in [0.1, 0.15) is 18.2 Å². The van der Waals surface area contributed by atoms with E-state index in [1.54, 1.807) is 12.1 Å². The van der Waals surface area contributed by atoms with Crippen molar-refractivity contribution >= 4 is 11.0 Å². The molecule has 0 radical (unpaired) electrons. The number of ether oxygens (including phenoxy) is 1. The molecular weight excluding hydrogens is 353 g/mol. The number of hydrogen-bond donors (Lipinski definition) is 1. The molecule has 0 bridgehead atoms. The summed E-state index contributed by atoms with van der Waals surface area (Å²) in [7, 11) is 0. The summed E-state index contributed by atoms with van der Waals surface area (Å²) in [4.78, 5) is 0. The van der Waals surface area contributed by atoms with Crippen molar-refractivity contribution in [3.05, 3.63) is 95.4 Å². The van der Waals surface area contributed by atoms with E-state index in [4.69, 9.17) is 10.1 Å². The van der Waals surface area contributed by atoms with Crippen LogP contribution in [0.4, 0.5) is 4.39 Å². The van der Waals surface area contributed by atoms with Gasteiger partial charge < -0.3 is 13.9 Å². The predicted octanol–water partition coefficient (Wildman–Crippen LogP) is 4.50. The Morgan fingerprint density at radius 2 is 1.50 bits per heavy atom. The van der Waals surface area contributed by atoms with Crippen LogP contribution < -0.4 is 10.4 Å². The van der Waals surface area contributed by atoms with Crippen LogP contribution in [0.15, 0.2) is 72.8 Å². The summed E-state index contributed by atoms with van der Waals surface area (Å²) in [6, 6.07) is 22.5. The summed E-state index contributed by atoms with van der Waals surface area (Å²) in [6.45, 7) is 3.35. The Kier molecular flexibility index (Phi) is 4.98. The number of halogens is 1. The summed E-state index contributed by atoms with van der Waals surface area (Å²) in [5, 5.41) is 8.65. The molecule has 0 aliphatic heterocycles. The molecule has 4 aromatic rings. The van der Waals surface area contributed by atoms with E-state index in [0.29, 0.717) is 30.9 Å². The number of rotatable bonds is 6. The fraction of sp³-hybridized carbons (Fsp3) is 0.174. The Morgan fingerprint density at radius 3 is 2.21 bits per heavy atom. The maximum absolute atomic E-state index is 14.1. The van der Waals surface area contributed by atoms with Crippen LogP contribution in [-0.2, 0) is 13.1 Å². The Morgan fingerprint density at radius 1 is 0.857 bits per heavy atom. The van der Waals surface area contributed by atoms with Crippen LogP contribution in [0, 0.1) is 18.2 Å². The van der Waals surface area contributed by atoms with Crippen molar-refractivity contribution in [1.29, 1.82) is 5.41 Å². The largest absolute Gasteiger partial charge is 0.492 e. The van der Waals surface area contributed by atoms with Gasteiger partial charge in [-0.15, -0.1) is 0 Å². The van der Waals surface area contributed by atoms with Crippen LogP contribution in [0.3, 0.4) is 0 Å². The van der Waals surface area contributed by atoms with Crippen molar-refractivity contribution < 1.29 is 9.13 Å². The lowest BCUT2D eigenvalue weighted by Gasteiger charge is -2.08. The monoisotopic (exact) mass is 375 g/mol. The molecule has 4 rings (SSSR count). The number of fused-ring (bicyclic) bond motifs is 1. The standard InChI is InChI=1S/C23H22FN3O/c1-17-10-12-19(13-11-17)28-15-14-26-21-8-4-5-9-22(21)27(23(26)25)16-18-6-2-3-7-20(18)24/h2-13,25H,14-16H2,1H3. The minimum absolute atomic E-state index is 0.256. The molecule has 142 valence electrons. The van der Waals surface area contributed by atoms with Crippen molar-refractivity contribution in [2.45, 2.75) is 20.0 Å². The lowest BCUT2D eigenvalue weighted by Crippen LogP contribution is -2.27. The average molecular weight is 375 g/mol. The van der Waals surface area contributed by atoms with E-state index in [1.807, 2.05) is 70.7 Å². The number of nitrogens with zero attached hydrogens (tertiary/aromatic N) is 2. The second-order valence-electron chi connectivity index (χ2n) is 6.80. The van der Waals surface area contributed by atoms with Crippen molar-refractivity contribution in [1.82, 2.24) is 9.13 Å². The first-order chi connectivity index (χ1) is 13.6. The molecule has 0 unspecified atom stereocenters. The quantitative estimate of drug-likeness (QED) is 0.530. The van der Waals surface area contributed by atoms with E-state index in [9.17, 15) is 4.39 Å². The van der Waals surface area contributed by atoms with Crippen LogP contribution >= 0.6 is 0 Å². The van der Waals surface area contributed by atoms with Gasteiger partial charge >= 0.3 is 0 Å². The molecule has 1 heterocycles. The van der Waals surface area contributed by atoms with Crippen LogP contribution in [0.1, 0.15) is 11.1 Å². The zero-order valence-corrected chi connectivity index (χ0v) is 15.7. The van der Waals surface area contributed by atoms with Crippen molar-refractivity contribution in [3.63, 3.8) is 0 Å². The maximum atomic E-state index is 14.1. The minimum atomic E-state index is -0.256. The summed E-state index contributed by atoms with van der Waals surface area (Å²) in [6.07, 6.45) is 0. The third kappa shape index (κ3) is 3.56. The molecule has 0 fully saturated rings. The molecule has 0 saturated carbocycles. The van der Waals surface area contributed by atoms with Crippen LogP contribution in [-0.4, -0.2) is 15.7 Å². The summed E-state index contributed by atoms with van der Waals surface area (Å²) in [5.41, 5.74) is 3.94. The van der Waals surface area contributed by atoms with Crippen molar-refractivity contribution in [3.8, 4) is 5.75 Å². The number of aryl methyl sites for hydroxylation is 1. The topological polar surface area (TPSA) is 42.9 Å². The molecular formula is C23H22FN3O. The van der Waals surface area contributed by atoms with Gasteiger partial charge in [0.2, 0.25) is 5.62 Å². The van der Waals surface area contributed by atoms with Gasteiger partial charge in [-0.3, -0.25) is 5.41 Å².